The van der Waals surface area contributed by atoms with E-state index >= 15 is 0 Å². The van der Waals surface area contributed by atoms with Crippen LogP contribution < -0.4 is 11.1 Å². The van der Waals surface area contributed by atoms with Gasteiger partial charge in [-0.15, -0.1) is 11.8 Å². The van der Waals surface area contributed by atoms with Crippen molar-refractivity contribution in [2.75, 3.05) is 24.7 Å². The fourth-order valence-electron chi connectivity index (χ4n) is 2.72. The number of nitrogens with two attached hydrogens (primary N) is 1. The van der Waals surface area contributed by atoms with E-state index in [4.69, 9.17) is 5.73 Å². The molecule has 0 aliphatic heterocycles. The number of nitrogens with one attached hydrogen (secondary N) is 1. The molecule has 134 valence electrons. The Bertz CT molecular complexity index is 882. The van der Waals surface area contributed by atoms with Crippen LogP contribution in [0.15, 0.2) is 65.8 Å². The lowest BCUT2D eigenvalue weighted by Gasteiger charge is -2.23. The third-order valence-corrected chi connectivity index (χ3v) is 4.85. The van der Waals surface area contributed by atoms with Crippen LogP contribution in [0.1, 0.15) is 5.56 Å². The number of rotatable bonds is 6. The predicted molar refractivity (Wildman–Crippen MR) is 108 cm³/mol. The molecule has 3 N–H and O–H groups in total. The highest BCUT2D eigenvalue weighted by atomic mass is 32.2. The molecule has 3 rings (SSSR count). The van der Waals surface area contributed by atoms with Crippen LogP contribution in [0.5, 0.6) is 0 Å². The van der Waals surface area contributed by atoms with Crippen LogP contribution in [0, 0.1) is 0 Å². The number of amides is 2. The van der Waals surface area contributed by atoms with Crippen molar-refractivity contribution >= 4 is 34.3 Å². The quantitative estimate of drug-likeness (QED) is 0.648. The van der Waals surface area contributed by atoms with E-state index in [9.17, 15) is 4.79 Å². The topological polar surface area (TPSA) is 71.2 Å². The number of hydrogen-bond acceptors (Lipinski definition) is 4. The van der Waals surface area contributed by atoms with E-state index in [-0.39, 0.29) is 6.03 Å². The molecule has 0 spiro atoms. The minimum atomic E-state index is -0.155. The van der Waals surface area contributed by atoms with Gasteiger partial charge >= 0.3 is 6.03 Å². The highest BCUT2D eigenvalue weighted by Crippen LogP contribution is 2.19. The van der Waals surface area contributed by atoms with Crippen LogP contribution in [0.3, 0.4) is 0 Å². The first-order chi connectivity index (χ1) is 12.7. The molecule has 0 bridgehead atoms. The lowest BCUT2D eigenvalue weighted by Crippen LogP contribution is -2.38. The highest BCUT2D eigenvalue weighted by Gasteiger charge is 2.14. The molecule has 5 nitrogen and oxygen atoms in total. The van der Waals surface area contributed by atoms with Crippen molar-refractivity contribution < 1.29 is 4.79 Å². The molecule has 6 heteroatoms. The molecule has 0 saturated heterocycles. The van der Waals surface area contributed by atoms with Gasteiger partial charge < -0.3 is 16.0 Å². The number of nitrogens with zero attached hydrogens (tertiary/aromatic N) is 2. The van der Waals surface area contributed by atoms with E-state index in [1.165, 1.54) is 4.90 Å². The summed E-state index contributed by atoms with van der Waals surface area (Å²) in [7, 11) is 0. The van der Waals surface area contributed by atoms with E-state index in [0.29, 0.717) is 19.6 Å². The number of thioether (sulfide) groups is 1. The maximum absolute atomic E-state index is 12.7. The minimum absolute atomic E-state index is 0.155. The van der Waals surface area contributed by atoms with Gasteiger partial charge in [0.1, 0.15) is 0 Å². The zero-order valence-corrected chi connectivity index (χ0v) is 15.5. The fourth-order valence-corrected chi connectivity index (χ4v) is 3.13. The van der Waals surface area contributed by atoms with Gasteiger partial charge in [-0.25, -0.2) is 4.79 Å². The lowest BCUT2D eigenvalue weighted by atomic mass is 10.1. The monoisotopic (exact) mass is 366 g/mol. The third-order valence-electron chi connectivity index (χ3n) is 4.11. The molecule has 2 amide bonds. The Balaban J connectivity index is 1.72. The van der Waals surface area contributed by atoms with Crippen LogP contribution in [-0.2, 0) is 6.54 Å². The number of urea groups is 1. The van der Waals surface area contributed by atoms with E-state index in [1.54, 1.807) is 29.1 Å². The van der Waals surface area contributed by atoms with Gasteiger partial charge in [-0.1, -0.05) is 18.2 Å². The van der Waals surface area contributed by atoms with Gasteiger partial charge in [-0.3, -0.25) is 4.98 Å². The average molecular weight is 366 g/mol. The first kappa shape index (κ1) is 18.2. The summed E-state index contributed by atoms with van der Waals surface area (Å²) in [6.07, 6.45) is 5.59. The first-order valence-electron chi connectivity index (χ1n) is 8.42. The average Bonchev–Trinajstić information content (AvgIpc) is 2.68. The van der Waals surface area contributed by atoms with E-state index in [1.807, 2.05) is 42.7 Å². The Kier molecular flexibility index (Phi) is 6.09. The fraction of sp³-hybridized carbons (Fsp3) is 0.200. The number of benzene rings is 2. The molecule has 26 heavy (non-hydrogen) atoms. The molecule has 0 fully saturated rings. The van der Waals surface area contributed by atoms with Crippen LogP contribution in [0.4, 0.5) is 10.5 Å². The number of carbonyl (C=O) groups is 1. The maximum atomic E-state index is 12.7. The molecule has 1 heterocycles. The number of carbonyl (C=O) groups excluding carboxylic acids is 1. The Hall–Kier alpha value is -2.57. The highest BCUT2D eigenvalue weighted by molar-refractivity contribution is 7.98. The van der Waals surface area contributed by atoms with Crippen LogP contribution in [0.25, 0.3) is 10.8 Å². The summed E-state index contributed by atoms with van der Waals surface area (Å²) in [5.74, 6) is 0. The van der Waals surface area contributed by atoms with Crippen molar-refractivity contribution in [3.8, 4) is 0 Å². The molecular formula is C20H22N4OS. The standard InChI is InChI=1S/C20H22N4OS/c1-26-19-6-2-15(3-7-19)14-24(11-9-21)20(25)23-18-5-4-17-13-22-10-8-16(17)12-18/h2-8,10,12-13H,9,11,14,21H2,1H3,(H,23,25). The molecule has 0 atom stereocenters. The van der Waals surface area contributed by atoms with E-state index in [0.717, 1.165) is 22.0 Å². The summed E-state index contributed by atoms with van der Waals surface area (Å²) in [5, 5.41) is 5.05. The zero-order chi connectivity index (χ0) is 18.4. The normalized spacial score (nSPS) is 10.7. The lowest BCUT2D eigenvalue weighted by molar-refractivity contribution is 0.210. The first-order valence-corrected chi connectivity index (χ1v) is 9.65. The van der Waals surface area contributed by atoms with Gasteiger partial charge in [-0.2, -0.15) is 0 Å². The van der Waals surface area contributed by atoms with Crippen molar-refractivity contribution in [1.29, 1.82) is 0 Å². The van der Waals surface area contributed by atoms with Crippen molar-refractivity contribution in [2.24, 2.45) is 5.73 Å². The molecule has 3 aromatic rings. The Labute approximate surface area is 157 Å². The molecule has 0 aliphatic rings. The second kappa shape index (κ2) is 8.69. The van der Waals surface area contributed by atoms with E-state index < -0.39 is 0 Å². The summed E-state index contributed by atoms with van der Waals surface area (Å²) < 4.78 is 0. The van der Waals surface area contributed by atoms with Crippen molar-refractivity contribution in [3.05, 3.63) is 66.5 Å². The predicted octanol–water partition coefficient (Wildman–Crippen LogP) is 3.95. The summed E-state index contributed by atoms with van der Waals surface area (Å²) in [6.45, 7) is 1.43. The molecular weight excluding hydrogens is 344 g/mol. The van der Waals surface area contributed by atoms with Gasteiger partial charge in [-0.05, 0) is 47.5 Å². The number of anilines is 1. The maximum Gasteiger partial charge on any atom is 0.322 e. The smallest absolute Gasteiger partial charge is 0.322 e. The van der Waals surface area contributed by atoms with Crippen molar-refractivity contribution in [2.45, 2.75) is 11.4 Å². The molecule has 0 aliphatic carbocycles. The Morgan fingerprint density at radius 1 is 1.15 bits per heavy atom. The summed E-state index contributed by atoms with van der Waals surface area (Å²) in [6, 6.07) is 15.8. The molecule has 2 aromatic carbocycles. The van der Waals surface area contributed by atoms with Gasteiger partial charge in [0.25, 0.3) is 0 Å². The molecule has 1 aromatic heterocycles. The van der Waals surface area contributed by atoms with Crippen LogP contribution in [0.2, 0.25) is 0 Å². The van der Waals surface area contributed by atoms with Crippen molar-refractivity contribution in [3.63, 3.8) is 0 Å². The van der Waals surface area contributed by atoms with Gasteiger partial charge in [0, 0.05) is 48.0 Å². The number of aromatic nitrogens is 1. The van der Waals surface area contributed by atoms with Crippen LogP contribution >= 0.6 is 11.8 Å². The van der Waals surface area contributed by atoms with Gasteiger partial charge in [0.05, 0.1) is 0 Å². The Morgan fingerprint density at radius 2 is 1.96 bits per heavy atom. The Morgan fingerprint density at radius 3 is 2.69 bits per heavy atom. The minimum Gasteiger partial charge on any atom is -0.329 e. The summed E-state index contributed by atoms with van der Waals surface area (Å²) in [5.41, 5.74) is 7.54. The van der Waals surface area contributed by atoms with Crippen LogP contribution in [-0.4, -0.2) is 35.3 Å². The molecule has 0 saturated carbocycles. The largest absolute Gasteiger partial charge is 0.329 e. The summed E-state index contributed by atoms with van der Waals surface area (Å²) in [4.78, 5) is 19.7. The number of fused-ring (bicyclic) bond motifs is 1. The van der Waals surface area contributed by atoms with E-state index in [2.05, 4.69) is 22.4 Å². The zero-order valence-electron chi connectivity index (χ0n) is 14.7. The third kappa shape index (κ3) is 4.53. The van der Waals surface area contributed by atoms with Gasteiger partial charge in [0.2, 0.25) is 0 Å². The molecule has 0 radical (unpaired) electrons. The second-order valence-corrected chi connectivity index (χ2v) is 6.81. The van der Waals surface area contributed by atoms with Gasteiger partial charge in [0.15, 0.2) is 0 Å². The molecule has 0 unspecified atom stereocenters. The summed E-state index contributed by atoms with van der Waals surface area (Å²) >= 11 is 1.70. The SMILES string of the molecule is CSc1ccc(CN(CCN)C(=O)Nc2ccc3cnccc3c2)cc1. The number of hydrogen-bond donors (Lipinski definition) is 2. The second-order valence-electron chi connectivity index (χ2n) is 5.93. The number of pyridine rings is 1. The van der Waals surface area contributed by atoms with Crippen molar-refractivity contribution in [1.82, 2.24) is 9.88 Å².